The average Bonchev–Trinajstić information content (AvgIpc) is 2.37. The summed E-state index contributed by atoms with van der Waals surface area (Å²) in [4.78, 5) is 0.178. The van der Waals surface area contributed by atoms with Gasteiger partial charge in [-0.15, -0.1) is 12.3 Å². The van der Waals surface area contributed by atoms with Crippen LogP contribution in [0.25, 0.3) is 0 Å². The van der Waals surface area contributed by atoms with Crippen LogP contribution in [0.2, 0.25) is 0 Å². The van der Waals surface area contributed by atoms with Crippen LogP contribution in [-0.2, 0) is 16.4 Å². The lowest BCUT2D eigenvalue weighted by Gasteiger charge is -2.15. The van der Waals surface area contributed by atoms with E-state index in [0.717, 1.165) is 12.0 Å². The zero-order chi connectivity index (χ0) is 14.5. The Kier molecular flexibility index (Phi) is 5.40. The van der Waals surface area contributed by atoms with Gasteiger partial charge in [-0.2, -0.15) is 0 Å². The zero-order valence-electron chi connectivity index (χ0n) is 11.3. The van der Waals surface area contributed by atoms with Crippen molar-refractivity contribution in [2.75, 3.05) is 5.73 Å². The van der Waals surface area contributed by atoms with Crippen molar-refractivity contribution in [2.24, 2.45) is 0 Å². The first-order valence-electron chi connectivity index (χ1n) is 6.28. The van der Waals surface area contributed by atoms with E-state index < -0.39 is 10.0 Å². The number of nitrogen functional groups attached to an aromatic ring is 1. The molecule has 0 saturated heterocycles. The largest absolute Gasteiger partial charge is 0.398 e. The van der Waals surface area contributed by atoms with Crippen molar-refractivity contribution in [3.8, 4) is 12.3 Å². The van der Waals surface area contributed by atoms with Crippen LogP contribution in [0.3, 0.4) is 0 Å². The van der Waals surface area contributed by atoms with E-state index in [4.69, 9.17) is 12.2 Å². The van der Waals surface area contributed by atoms with Gasteiger partial charge in [-0.25, -0.2) is 13.1 Å². The minimum atomic E-state index is -3.57. The minimum absolute atomic E-state index is 0.178. The Labute approximate surface area is 115 Å². The van der Waals surface area contributed by atoms with Gasteiger partial charge in [-0.05, 0) is 30.5 Å². The summed E-state index contributed by atoms with van der Waals surface area (Å²) < 4.78 is 27.0. The Morgan fingerprint density at radius 3 is 2.58 bits per heavy atom. The van der Waals surface area contributed by atoms with Crippen LogP contribution >= 0.6 is 0 Å². The predicted molar refractivity (Wildman–Crippen MR) is 78.1 cm³/mol. The second-order valence-electron chi connectivity index (χ2n) is 4.35. The highest BCUT2D eigenvalue weighted by molar-refractivity contribution is 7.89. The molecule has 1 aromatic carbocycles. The second kappa shape index (κ2) is 6.60. The molecule has 0 aliphatic rings. The number of sulfonamides is 1. The van der Waals surface area contributed by atoms with Gasteiger partial charge in [0.2, 0.25) is 10.0 Å². The molecular formula is C14H20N2O2S. The molecule has 0 aliphatic heterocycles. The van der Waals surface area contributed by atoms with Gasteiger partial charge >= 0.3 is 0 Å². The number of nitrogens with two attached hydrogens (primary N) is 1. The molecule has 0 heterocycles. The fourth-order valence-corrected chi connectivity index (χ4v) is 3.12. The number of rotatable bonds is 6. The fourth-order valence-electron chi connectivity index (χ4n) is 1.76. The molecule has 4 nitrogen and oxygen atoms in total. The van der Waals surface area contributed by atoms with E-state index in [0.29, 0.717) is 18.5 Å². The summed E-state index contributed by atoms with van der Waals surface area (Å²) in [5.41, 5.74) is 7.26. The standard InChI is InChI=1S/C14H20N2O2S/c1-4-7-12(6-3)16-19(17,18)13-9-8-11(5-2)14(15)10-13/h1,8-10,12,16H,5-7,15H2,2-3H3. The molecule has 0 spiro atoms. The van der Waals surface area contributed by atoms with Gasteiger partial charge in [0.1, 0.15) is 0 Å². The zero-order valence-corrected chi connectivity index (χ0v) is 12.1. The van der Waals surface area contributed by atoms with Crippen molar-refractivity contribution in [3.05, 3.63) is 23.8 Å². The SMILES string of the molecule is C#CCC(CC)NS(=O)(=O)c1ccc(CC)c(N)c1. The number of hydrogen-bond donors (Lipinski definition) is 2. The minimum Gasteiger partial charge on any atom is -0.398 e. The van der Waals surface area contributed by atoms with E-state index in [-0.39, 0.29) is 10.9 Å². The van der Waals surface area contributed by atoms with Crippen molar-refractivity contribution >= 4 is 15.7 Å². The third-order valence-electron chi connectivity index (χ3n) is 2.99. The van der Waals surface area contributed by atoms with Crippen molar-refractivity contribution in [1.82, 2.24) is 4.72 Å². The summed E-state index contributed by atoms with van der Waals surface area (Å²) in [6.07, 6.45) is 7.01. The second-order valence-corrected chi connectivity index (χ2v) is 6.06. The van der Waals surface area contributed by atoms with Gasteiger partial charge in [0, 0.05) is 18.2 Å². The molecule has 5 heteroatoms. The Morgan fingerprint density at radius 2 is 2.11 bits per heavy atom. The number of nitrogens with one attached hydrogen (secondary N) is 1. The summed E-state index contributed by atoms with van der Waals surface area (Å²) in [6.45, 7) is 3.86. The first-order chi connectivity index (χ1) is 8.94. The smallest absolute Gasteiger partial charge is 0.240 e. The number of aryl methyl sites for hydroxylation is 1. The summed E-state index contributed by atoms with van der Waals surface area (Å²) >= 11 is 0. The molecule has 1 rings (SSSR count). The van der Waals surface area contributed by atoms with Crippen molar-refractivity contribution in [2.45, 2.75) is 44.0 Å². The van der Waals surface area contributed by atoms with Gasteiger partial charge in [0.25, 0.3) is 0 Å². The Bertz CT molecular complexity index is 574. The van der Waals surface area contributed by atoms with E-state index in [9.17, 15) is 8.42 Å². The fraction of sp³-hybridized carbons (Fsp3) is 0.429. The van der Waals surface area contributed by atoms with Gasteiger partial charge in [0.15, 0.2) is 0 Å². The van der Waals surface area contributed by atoms with Crippen LogP contribution in [0.5, 0.6) is 0 Å². The third kappa shape index (κ3) is 3.98. The molecule has 0 radical (unpaired) electrons. The highest BCUT2D eigenvalue weighted by Crippen LogP contribution is 2.19. The quantitative estimate of drug-likeness (QED) is 0.617. The third-order valence-corrected chi connectivity index (χ3v) is 4.51. The first-order valence-corrected chi connectivity index (χ1v) is 7.77. The van der Waals surface area contributed by atoms with E-state index in [1.54, 1.807) is 12.1 Å². The van der Waals surface area contributed by atoms with E-state index >= 15 is 0 Å². The average molecular weight is 280 g/mol. The van der Waals surface area contributed by atoms with Gasteiger partial charge in [-0.1, -0.05) is 19.9 Å². The highest BCUT2D eigenvalue weighted by Gasteiger charge is 2.19. The maximum Gasteiger partial charge on any atom is 0.240 e. The van der Waals surface area contributed by atoms with Crippen LogP contribution in [0.4, 0.5) is 5.69 Å². The summed E-state index contributed by atoms with van der Waals surface area (Å²) in [5.74, 6) is 2.47. The molecule has 1 atom stereocenters. The normalized spacial score (nSPS) is 12.9. The monoisotopic (exact) mass is 280 g/mol. The molecule has 0 aliphatic carbocycles. The van der Waals surface area contributed by atoms with Gasteiger partial charge in [0.05, 0.1) is 4.90 Å². The van der Waals surface area contributed by atoms with Crippen molar-refractivity contribution in [1.29, 1.82) is 0 Å². The lowest BCUT2D eigenvalue weighted by Crippen LogP contribution is -2.34. The molecule has 104 valence electrons. The number of terminal acetylenes is 1. The predicted octanol–water partition coefficient (Wildman–Crippen LogP) is 1.91. The maximum absolute atomic E-state index is 12.2. The van der Waals surface area contributed by atoms with Crippen LogP contribution in [-0.4, -0.2) is 14.5 Å². The lowest BCUT2D eigenvalue weighted by molar-refractivity contribution is 0.544. The Morgan fingerprint density at radius 1 is 1.42 bits per heavy atom. The molecule has 0 aromatic heterocycles. The molecule has 0 bridgehead atoms. The Hall–Kier alpha value is -1.51. The first kappa shape index (κ1) is 15.5. The van der Waals surface area contributed by atoms with Crippen LogP contribution < -0.4 is 10.5 Å². The lowest BCUT2D eigenvalue weighted by atomic mass is 10.1. The van der Waals surface area contributed by atoms with Gasteiger partial charge in [-0.3, -0.25) is 0 Å². The highest BCUT2D eigenvalue weighted by atomic mass is 32.2. The number of anilines is 1. The van der Waals surface area contributed by atoms with Crippen LogP contribution in [0, 0.1) is 12.3 Å². The molecule has 0 amide bonds. The molecule has 3 N–H and O–H groups in total. The number of hydrogen-bond acceptors (Lipinski definition) is 3. The Balaban J connectivity index is 3.01. The summed E-state index contributed by atoms with van der Waals surface area (Å²) in [7, 11) is -3.57. The molecular weight excluding hydrogens is 260 g/mol. The topological polar surface area (TPSA) is 72.2 Å². The molecule has 0 fully saturated rings. The van der Waals surface area contributed by atoms with Crippen molar-refractivity contribution in [3.63, 3.8) is 0 Å². The van der Waals surface area contributed by atoms with E-state index in [1.807, 2.05) is 13.8 Å². The van der Waals surface area contributed by atoms with Crippen LogP contribution in [0.1, 0.15) is 32.3 Å². The van der Waals surface area contributed by atoms with Crippen LogP contribution in [0.15, 0.2) is 23.1 Å². The summed E-state index contributed by atoms with van der Waals surface area (Å²) in [6, 6.07) is 4.55. The van der Waals surface area contributed by atoms with E-state index in [2.05, 4.69) is 10.6 Å². The van der Waals surface area contributed by atoms with E-state index in [1.165, 1.54) is 6.07 Å². The number of benzene rings is 1. The molecule has 0 saturated carbocycles. The van der Waals surface area contributed by atoms with Gasteiger partial charge < -0.3 is 5.73 Å². The molecule has 19 heavy (non-hydrogen) atoms. The summed E-state index contributed by atoms with van der Waals surface area (Å²) in [5, 5.41) is 0. The molecule has 1 unspecified atom stereocenters. The molecule has 1 aromatic rings. The van der Waals surface area contributed by atoms with Crippen molar-refractivity contribution < 1.29 is 8.42 Å². The maximum atomic E-state index is 12.2.